The van der Waals surface area contributed by atoms with Gasteiger partial charge in [-0.2, -0.15) is 0 Å². The van der Waals surface area contributed by atoms with Crippen LogP contribution in [0.1, 0.15) is 22.8 Å². The van der Waals surface area contributed by atoms with Crippen LogP contribution in [0.2, 0.25) is 0 Å². The second-order valence-corrected chi connectivity index (χ2v) is 3.54. The standard InChI is InChI=1S/C11H10ClF3O2/c1-2-7-3-4-8(17-11(13,14)15)5-9(7)10(16)6-12/h3-5H,2,6H2,1H3. The molecule has 0 bridgehead atoms. The maximum atomic E-state index is 12.0. The van der Waals surface area contributed by atoms with Gasteiger partial charge in [0.2, 0.25) is 0 Å². The third kappa shape index (κ3) is 3.93. The summed E-state index contributed by atoms with van der Waals surface area (Å²) < 4.78 is 39.8. The van der Waals surface area contributed by atoms with Gasteiger partial charge in [0.05, 0.1) is 5.88 Å². The van der Waals surface area contributed by atoms with E-state index in [0.717, 1.165) is 6.07 Å². The van der Waals surface area contributed by atoms with Gasteiger partial charge < -0.3 is 4.74 Å². The minimum Gasteiger partial charge on any atom is -0.406 e. The van der Waals surface area contributed by atoms with E-state index < -0.39 is 17.9 Å². The Labute approximate surface area is 101 Å². The summed E-state index contributed by atoms with van der Waals surface area (Å²) in [4.78, 5) is 11.4. The van der Waals surface area contributed by atoms with Gasteiger partial charge in [-0.1, -0.05) is 13.0 Å². The van der Waals surface area contributed by atoms with Crippen LogP contribution in [-0.2, 0) is 6.42 Å². The molecule has 0 fully saturated rings. The molecule has 0 saturated carbocycles. The molecule has 0 spiro atoms. The first-order chi connectivity index (χ1) is 7.87. The first-order valence-electron chi connectivity index (χ1n) is 4.85. The Bertz CT molecular complexity index is 416. The van der Waals surface area contributed by atoms with Crippen molar-refractivity contribution in [2.75, 3.05) is 5.88 Å². The van der Waals surface area contributed by atoms with Crippen molar-refractivity contribution in [1.82, 2.24) is 0 Å². The van der Waals surface area contributed by atoms with Gasteiger partial charge in [0, 0.05) is 5.56 Å². The van der Waals surface area contributed by atoms with Crippen LogP contribution in [0.25, 0.3) is 0 Å². The Morgan fingerprint density at radius 1 is 1.41 bits per heavy atom. The summed E-state index contributed by atoms with van der Waals surface area (Å²) in [6.07, 6.45) is -4.24. The molecule has 0 aliphatic heterocycles. The van der Waals surface area contributed by atoms with Crippen molar-refractivity contribution in [2.45, 2.75) is 19.7 Å². The summed E-state index contributed by atoms with van der Waals surface area (Å²) >= 11 is 5.39. The Kier molecular flexibility index (Phi) is 4.40. The molecule has 1 rings (SSSR count). The zero-order valence-corrected chi connectivity index (χ0v) is 9.73. The lowest BCUT2D eigenvalue weighted by Gasteiger charge is -2.11. The monoisotopic (exact) mass is 266 g/mol. The lowest BCUT2D eigenvalue weighted by atomic mass is 10.0. The predicted octanol–water partition coefficient (Wildman–Crippen LogP) is 3.57. The number of ether oxygens (including phenoxy) is 1. The number of Topliss-reactive ketones (excluding diaryl/α,β-unsaturated/α-hetero) is 1. The van der Waals surface area contributed by atoms with Gasteiger partial charge in [-0.3, -0.25) is 4.79 Å². The van der Waals surface area contributed by atoms with Crippen molar-refractivity contribution < 1.29 is 22.7 Å². The van der Waals surface area contributed by atoms with Gasteiger partial charge in [0.1, 0.15) is 5.75 Å². The third-order valence-corrected chi connectivity index (χ3v) is 2.36. The molecule has 2 nitrogen and oxygen atoms in total. The molecule has 0 aliphatic rings. The fourth-order valence-electron chi connectivity index (χ4n) is 1.39. The van der Waals surface area contributed by atoms with Gasteiger partial charge in [0.15, 0.2) is 5.78 Å². The lowest BCUT2D eigenvalue weighted by Crippen LogP contribution is -2.17. The van der Waals surface area contributed by atoms with Gasteiger partial charge in [0.25, 0.3) is 0 Å². The number of alkyl halides is 4. The predicted molar refractivity (Wildman–Crippen MR) is 57.6 cm³/mol. The van der Waals surface area contributed by atoms with Crippen molar-refractivity contribution in [1.29, 1.82) is 0 Å². The highest BCUT2D eigenvalue weighted by Gasteiger charge is 2.31. The van der Waals surface area contributed by atoms with Crippen molar-refractivity contribution in [3.05, 3.63) is 29.3 Å². The summed E-state index contributed by atoms with van der Waals surface area (Å²) in [6.45, 7) is 1.80. The highest BCUT2D eigenvalue weighted by molar-refractivity contribution is 6.30. The van der Waals surface area contributed by atoms with E-state index in [1.54, 1.807) is 6.92 Å². The first-order valence-corrected chi connectivity index (χ1v) is 5.38. The SMILES string of the molecule is CCc1ccc(OC(F)(F)F)cc1C(=O)CCl. The van der Waals surface area contributed by atoms with Gasteiger partial charge in [-0.15, -0.1) is 24.8 Å². The fraction of sp³-hybridized carbons (Fsp3) is 0.364. The van der Waals surface area contributed by atoms with Crippen LogP contribution in [0.5, 0.6) is 5.75 Å². The largest absolute Gasteiger partial charge is 0.573 e. The van der Waals surface area contributed by atoms with Crippen LogP contribution in [0.4, 0.5) is 13.2 Å². The molecule has 0 unspecified atom stereocenters. The number of aryl methyl sites for hydroxylation is 1. The molecule has 0 N–H and O–H groups in total. The molecule has 94 valence electrons. The van der Waals surface area contributed by atoms with Gasteiger partial charge in [-0.25, -0.2) is 0 Å². The summed E-state index contributed by atoms with van der Waals surface area (Å²) in [7, 11) is 0. The average Bonchev–Trinajstić information content (AvgIpc) is 2.25. The summed E-state index contributed by atoms with van der Waals surface area (Å²) in [5.74, 6) is -1.11. The van der Waals surface area contributed by atoms with Gasteiger partial charge in [-0.05, 0) is 24.1 Å². The number of benzene rings is 1. The van der Waals surface area contributed by atoms with E-state index in [-0.39, 0.29) is 11.4 Å². The van der Waals surface area contributed by atoms with Crippen LogP contribution in [0, 0.1) is 0 Å². The summed E-state index contributed by atoms with van der Waals surface area (Å²) in [5.41, 5.74) is 0.814. The molecule has 0 heterocycles. The van der Waals surface area contributed by atoms with E-state index in [4.69, 9.17) is 11.6 Å². The van der Waals surface area contributed by atoms with Crippen LogP contribution < -0.4 is 4.74 Å². The van der Waals surface area contributed by atoms with E-state index in [1.807, 2.05) is 0 Å². The average molecular weight is 267 g/mol. The molecule has 0 aliphatic carbocycles. The molecule has 6 heteroatoms. The zero-order chi connectivity index (χ0) is 13.1. The molecular formula is C11H10ClF3O2. The lowest BCUT2D eigenvalue weighted by molar-refractivity contribution is -0.274. The Balaban J connectivity index is 3.09. The number of carbonyl (C=O) groups excluding carboxylic acids is 1. The fourth-order valence-corrected chi connectivity index (χ4v) is 1.54. The van der Waals surface area contributed by atoms with Crippen molar-refractivity contribution in [3.8, 4) is 5.75 Å². The Hall–Kier alpha value is -1.23. The van der Waals surface area contributed by atoms with E-state index in [9.17, 15) is 18.0 Å². The summed E-state index contributed by atoms with van der Waals surface area (Å²) in [6, 6.07) is 3.68. The highest BCUT2D eigenvalue weighted by atomic mass is 35.5. The minimum atomic E-state index is -4.77. The second-order valence-electron chi connectivity index (χ2n) is 3.28. The van der Waals surface area contributed by atoms with Crippen LogP contribution >= 0.6 is 11.6 Å². The molecule has 0 saturated heterocycles. The number of carbonyl (C=O) groups is 1. The molecular weight excluding hydrogens is 257 g/mol. The van der Waals surface area contributed by atoms with Crippen molar-refractivity contribution in [3.63, 3.8) is 0 Å². The number of ketones is 1. The molecule has 0 amide bonds. The Morgan fingerprint density at radius 2 is 2.06 bits per heavy atom. The second kappa shape index (κ2) is 5.40. The molecule has 17 heavy (non-hydrogen) atoms. The number of hydrogen-bond acceptors (Lipinski definition) is 2. The molecule has 1 aromatic carbocycles. The van der Waals surface area contributed by atoms with Crippen molar-refractivity contribution >= 4 is 17.4 Å². The maximum absolute atomic E-state index is 12.0. The van der Waals surface area contributed by atoms with Crippen LogP contribution in [-0.4, -0.2) is 18.0 Å². The van der Waals surface area contributed by atoms with E-state index >= 15 is 0 Å². The van der Waals surface area contributed by atoms with Gasteiger partial charge >= 0.3 is 6.36 Å². The normalized spacial score (nSPS) is 11.4. The van der Waals surface area contributed by atoms with Crippen LogP contribution in [0.3, 0.4) is 0 Å². The summed E-state index contributed by atoms with van der Waals surface area (Å²) in [5, 5.41) is 0. The molecule has 1 aromatic rings. The molecule has 0 atom stereocenters. The third-order valence-electron chi connectivity index (χ3n) is 2.12. The number of rotatable bonds is 4. The molecule has 0 radical (unpaired) electrons. The maximum Gasteiger partial charge on any atom is 0.573 e. The highest BCUT2D eigenvalue weighted by Crippen LogP contribution is 2.25. The van der Waals surface area contributed by atoms with E-state index in [2.05, 4.69) is 4.74 Å². The van der Waals surface area contributed by atoms with Crippen LogP contribution in [0.15, 0.2) is 18.2 Å². The smallest absolute Gasteiger partial charge is 0.406 e. The van der Waals surface area contributed by atoms with Crippen molar-refractivity contribution in [2.24, 2.45) is 0 Å². The number of halogens is 4. The zero-order valence-electron chi connectivity index (χ0n) is 8.97. The Morgan fingerprint density at radius 3 is 2.53 bits per heavy atom. The molecule has 0 aromatic heterocycles. The minimum absolute atomic E-state index is 0.171. The topological polar surface area (TPSA) is 26.3 Å². The first kappa shape index (κ1) is 13.8. The van der Waals surface area contributed by atoms with E-state index in [1.165, 1.54) is 12.1 Å². The number of hydrogen-bond donors (Lipinski definition) is 0. The quantitative estimate of drug-likeness (QED) is 0.615. The van der Waals surface area contributed by atoms with E-state index in [0.29, 0.717) is 12.0 Å².